The number of nitrogens with zero attached hydrogens (tertiary/aromatic N) is 2. The summed E-state index contributed by atoms with van der Waals surface area (Å²) in [6.45, 7) is 4.02. The molecular weight excluding hydrogens is 509 g/mol. The lowest BCUT2D eigenvalue weighted by atomic mass is 9.93. The minimum atomic E-state index is -0.802. The molecule has 2 aliphatic heterocycles. The van der Waals surface area contributed by atoms with Crippen LogP contribution in [0.5, 0.6) is 11.5 Å². The van der Waals surface area contributed by atoms with Crippen molar-refractivity contribution in [3.63, 3.8) is 0 Å². The van der Waals surface area contributed by atoms with Crippen LogP contribution < -0.4 is 14.8 Å². The number of ether oxygens (including phenoxy) is 3. The lowest BCUT2D eigenvalue weighted by Crippen LogP contribution is -2.38. The first-order valence-corrected chi connectivity index (χ1v) is 13.1. The monoisotopic (exact) mass is 539 g/mol. The van der Waals surface area contributed by atoms with Crippen molar-refractivity contribution in [2.75, 3.05) is 27.4 Å². The average Bonchev–Trinajstić information content (AvgIpc) is 3.29. The molecule has 2 aromatic rings. The quantitative estimate of drug-likeness (QED) is 0.437. The Morgan fingerprint density at radius 2 is 1.89 bits per heavy atom. The molecule has 2 aliphatic rings. The SMILES string of the molecule is CCOC(=O)C1=C(C)N=C2SC=C(CC(=O)NCCc3ccc(OC)c(OC)c3)N2C1c1ccccc1F. The van der Waals surface area contributed by atoms with Gasteiger partial charge in [-0.05, 0) is 49.4 Å². The van der Waals surface area contributed by atoms with E-state index in [1.54, 1.807) is 51.2 Å². The summed E-state index contributed by atoms with van der Waals surface area (Å²) < 4.78 is 30.9. The van der Waals surface area contributed by atoms with E-state index in [9.17, 15) is 9.59 Å². The van der Waals surface area contributed by atoms with Crippen LogP contribution in [0.1, 0.15) is 37.4 Å². The maximum absolute atomic E-state index is 15.0. The van der Waals surface area contributed by atoms with Crippen LogP contribution >= 0.6 is 11.8 Å². The fourth-order valence-electron chi connectivity index (χ4n) is 4.44. The predicted octanol–water partition coefficient (Wildman–Crippen LogP) is 4.73. The van der Waals surface area contributed by atoms with Gasteiger partial charge >= 0.3 is 5.97 Å². The molecule has 2 aromatic carbocycles. The summed E-state index contributed by atoms with van der Waals surface area (Å²) in [7, 11) is 3.16. The van der Waals surface area contributed by atoms with Crippen LogP contribution in [0.2, 0.25) is 0 Å². The molecule has 200 valence electrons. The molecule has 4 rings (SSSR count). The van der Waals surface area contributed by atoms with Gasteiger partial charge in [-0.25, -0.2) is 14.2 Å². The number of allylic oxidation sites excluding steroid dienone is 1. The molecule has 0 saturated carbocycles. The molecule has 8 nitrogen and oxygen atoms in total. The highest BCUT2D eigenvalue weighted by molar-refractivity contribution is 8.16. The molecule has 0 aromatic heterocycles. The number of carbonyl (C=O) groups excluding carboxylic acids is 2. The van der Waals surface area contributed by atoms with Gasteiger partial charge in [0, 0.05) is 17.8 Å². The van der Waals surface area contributed by atoms with Crippen LogP contribution in [0.15, 0.2) is 69.8 Å². The molecule has 1 atom stereocenters. The number of benzene rings is 2. The summed E-state index contributed by atoms with van der Waals surface area (Å²) in [5, 5.41) is 5.35. The highest BCUT2D eigenvalue weighted by Gasteiger charge is 2.42. The average molecular weight is 540 g/mol. The molecular formula is C28H30FN3O5S. The molecule has 38 heavy (non-hydrogen) atoms. The van der Waals surface area contributed by atoms with Gasteiger partial charge in [0.15, 0.2) is 16.7 Å². The van der Waals surface area contributed by atoms with Crippen molar-refractivity contribution in [3.8, 4) is 11.5 Å². The molecule has 1 amide bonds. The van der Waals surface area contributed by atoms with E-state index in [1.807, 2.05) is 23.6 Å². The van der Waals surface area contributed by atoms with Gasteiger partial charge < -0.3 is 24.4 Å². The van der Waals surface area contributed by atoms with Gasteiger partial charge in [-0.2, -0.15) is 0 Å². The van der Waals surface area contributed by atoms with E-state index < -0.39 is 17.8 Å². The van der Waals surface area contributed by atoms with Gasteiger partial charge in [-0.1, -0.05) is 36.0 Å². The Morgan fingerprint density at radius 3 is 2.61 bits per heavy atom. The molecule has 0 saturated heterocycles. The number of esters is 1. The van der Waals surface area contributed by atoms with Gasteiger partial charge in [0.2, 0.25) is 5.91 Å². The molecule has 0 radical (unpaired) electrons. The van der Waals surface area contributed by atoms with E-state index in [-0.39, 0.29) is 24.5 Å². The summed E-state index contributed by atoms with van der Waals surface area (Å²) in [5.74, 6) is 0.0533. The third-order valence-corrected chi connectivity index (χ3v) is 7.11. The standard InChI is InChI=1S/C28H30FN3O5S/c1-5-37-27(34)25-17(2)31-28-32(26(25)20-8-6-7-9-21(20)29)19(16-38-28)15-24(33)30-13-12-18-10-11-22(35-3)23(14-18)36-4/h6-11,14,16,26H,5,12-13,15H2,1-4H3,(H,30,33). The van der Waals surface area contributed by atoms with Crippen LogP contribution in [-0.4, -0.2) is 49.3 Å². The van der Waals surface area contributed by atoms with Crippen LogP contribution in [0.4, 0.5) is 4.39 Å². The second-order valence-corrected chi connectivity index (χ2v) is 9.44. The summed E-state index contributed by atoms with van der Waals surface area (Å²) >= 11 is 1.34. The topological polar surface area (TPSA) is 89.5 Å². The minimum Gasteiger partial charge on any atom is -0.493 e. The molecule has 0 spiro atoms. The maximum atomic E-state index is 15.0. The van der Waals surface area contributed by atoms with Crippen molar-refractivity contribution in [2.45, 2.75) is 32.7 Å². The Balaban J connectivity index is 1.50. The van der Waals surface area contributed by atoms with E-state index in [4.69, 9.17) is 14.2 Å². The first-order valence-electron chi connectivity index (χ1n) is 12.2. The van der Waals surface area contributed by atoms with E-state index in [0.717, 1.165) is 5.56 Å². The van der Waals surface area contributed by atoms with Crippen molar-refractivity contribution < 1.29 is 28.2 Å². The second kappa shape index (κ2) is 12.2. The number of nitrogens with one attached hydrogen (secondary N) is 1. The number of carbonyl (C=O) groups is 2. The van der Waals surface area contributed by atoms with Crippen LogP contribution in [-0.2, 0) is 20.7 Å². The third-order valence-electron chi connectivity index (χ3n) is 6.22. The molecule has 10 heteroatoms. The molecule has 1 N–H and O–H groups in total. The summed E-state index contributed by atoms with van der Waals surface area (Å²) in [4.78, 5) is 32.2. The Hall–Kier alpha value is -3.79. The molecule has 1 unspecified atom stereocenters. The summed E-state index contributed by atoms with van der Waals surface area (Å²) in [5.41, 5.74) is 2.64. The van der Waals surface area contributed by atoms with Crippen molar-refractivity contribution >= 4 is 28.8 Å². The number of amides is 1. The Labute approximate surface area is 225 Å². The lowest BCUT2D eigenvalue weighted by Gasteiger charge is -2.36. The normalized spacial score (nSPS) is 16.4. The highest BCUT2D eigenvalue weighted by atomic mass is 32.2. The Kier molecular flexibility index (Phi) is 8.73. The fourth-order valence-corrected chi connectivity index (χ4v) is 5.40. The van der Waals surface area contributed by atoms with Gasteiger partial charge in [0.1, 0.15) is 5.82 Å². The predicted molar refractivity (Wildman–Crippen MR) is 144 cm³/mol. The Bertz CT molecular complexity index is 1320. The van der Waals surface area contributed by atoms with Crippen molar-refractivity contribution in [1.82, 2.24) is 10.2 Å². The van der Waals surface area contributed by atoms with Crippen molar-refractivity contribution in [1.29, 1.82) is 0 Å². The maximum Gasteiger partial charge on any atom is 0.338 e. The van der Waals surface area contributed by atoms with Crippen molar-refractivity contribution in [3.05, 3.63) is 81.8 Å². The highest BCUT2D eigenvalue weighted by Crippen LogP contribution is 2.45. The zero-order valence-electron chi connectivity index (χ0n) is 21.7. The van der Waals surface area contributed by atoms with Gasteiger partial charge in [-0.3, -0.25) is 4.79 Å². The zero-order chi connectivity index (χ0) is 27.2. The summed E-state index contributed by atoms with van der Waals surface area (Å²) in [6, 6.07) is 11.1. The number of hydrogen-bond donors (Lipinski definition) is 1. The van der Waals surface area contributed by atoms with E-state index in [1.165, 1.54) is 17.8 Å². The smallest absolute Gasteiger partial charge is 0.338 e. The number of halogens is 1. The lowest BCUT2D eigenvalue weighted by molar-refractivity contribution is -0.139. The number of aliphatic imine (C=N–C) groups is 1. The number of thioether (sulfide) groups is 1. The number of methoxy groups -OCH3 is 2. The molecule has 0 bridgehead atoms. The first-order chi connectivity index (χ1) is 18.4. The minimum absolute atomic E-state index is 0.0397. The molecule has 0 fully saturated rings. The number of fused-ring (bicyclic) bond motifs is 1. The van der Waals surface area contributed by atoms with Crippen LogP contribution in [0, 0.1) is 5.82 Å². The van der Waals surface area contributed by atoms with Crippen LogP contribution in [0.25, 0.3) is 0 Å². The van der Waals surface area contributed by atoms with Gasteiger partial charge in [0.25, 0.3) is 0 Å². The van der Waals surface area contributed by atoms with Gasteiger partial charge in [0.05, 0.1) is 44.6 Å². The van der Waals surface area contributed by atoms with Crippen molar-refractivity contribution in [2.24, 2.45) is 4.99 Å². The van der Waals surface area contributed by atoms with E-state index >= 15 is 4.39 Å². The van der Waals surface area contributed by atoms with E-state index in [2.05, 4.69) is 10.3 Å². The number of hydrogen-bond acceptors (Lipinski definition) is 8. The largest absolute Gasteiger partial charge is 0.493 e. The zero-order valence-corrected chi connectivity index (χ0v) is 22.6. The first kappa shape index (κ1) is 27.3. The third kappa shape index (κ3) is 5.70. The fraction of sp³-hybridized carbons (Fsp3) is 0.321. The molecule has 0 aliphatic carbocycles. The summed E-state index contributed by atoms with van der Waals surface area (Å²) in [6.07, 6.45) is 0.640. The number of amidine groups is 1. The second-order valence-electron chi connectivity index (χ2n) is 8.60. The van der Waals surface area contributed by atoms with Crippen LogP contribution in [0.3, 0.4) is 0 Å². The Morgan fingerprint density at radius 1 is 1.13 bits per heavy atom. The van der Waals surface area contributed by atoms with E-state index in [0.29, 0.717) is 46.6 Å². The molecule has 2 heterocycles. The number of rotatable bonds is 10. The van der Waals surface area contributed by atoms with Gasteiger partial charge in [-0.15, -0.1) is 0 Å².